The van der Waals surface area contributed by atoms with Crippen LogP contribution in [0.25, 0.3) is 6.08 Å². The molecule has 0 saturated heterocycles. The number of nitrogens with two attached hydrogens (primary N) is 1. The van der Waals surface area contributed by atoms with Crippen molar-refractivity contribution in [1.82, 2.24) is 0 Å². The van der Waals surface area contributed by atoms with E-state index in [0.717, 1.165) is 5.56 Å². The number of hydrogen-bond acceptors (Lipinski definition) is 2. The van der Waals surface area contributed by atoms with Gasteiger partial charge in [0.1, 0.15) is 11.6 Å². The highest BCUT2D eigenvalue weighted by Gasteiger charge is 2.07. The van der Waals surface area contributed by atoms with Crippen LogP contribution in [0, 0.1) is 12.7 Å². The average molecular weight is 195 g/mol. The number of halogens is 1. The Labute approximate surface area is 83.2 Å². The van der Waals surface area contributed by atoms with Crippen LogP contribution in [0.1, 0.15) is 11.1 Å². The fourth-order valence-electron chi connectivity index (χ4n) is 1.25. The van der Waals surface area contributed by atoms with Gasteiger partial charge in [-0.15, -0.1) is 0 Å². The Morgan fingerprint density at radius 3 is 2.79 bits per heavy atom. The molecule has 0 bridgehead atoms. The Morgan fingerprint density at radius 2 is 2.21 bits per heavy atom. The second-order valence-corrected chi connectivity index (χ2v) is 2.93. The van der Waals surface area contributed by atoms with Crippen molar-refractivity contribution in [1.29, 1.82) is 0 Å². The molecule has 1 aromatic rings. The van der Waals surface area contributed by atoms with Crippen LogP contribution >= 0.6 is 0 Å². The number of benzene rings is 1. The molecule has 0 amide bonds. The second-order valence-electron chi connectivity index (χ2n) is 2.93. The fourth-order valence-corrected chi connectivity index (χ4v) is 1.25. The summed E-state index contributed by atoms with van der Waals surface area (Å²) in [7, 11) is 1.56. The van der Waals surface area contributed by atoms with Crippen LogP contribution in [-0.4, -0.2) is 13.7 Å². The van der Waals surface area contributed by atoms with Crippen LogP contribution in [0.3, 0.4) is 0 Å². The highest BCUT2D eigenvalue weighted by Crippen LogP contribution is 2.25. The number of rotatable bonds is 3. The second kappa shape index (κ2) is 4.77. The van der Waals surface area contributed by atoms with Crippen LogP contribution in [0.15, 0.2) is 18.2 Å². The molecule has 0 heterocycles. The molecule has 0 aromatic heterocycles. The summed E-state index contributed by atoms with van der Waals surface area (Å²) in [6, 6.07) is 3.01. The monoisotopic (exact) mass is 195 g/mol. The van der Waals surface area contributed by atoms with Gasteiger partial charge in [-0.05, 0) is 24.6 Å². The highest BCUT2D eigenvalue weighted by atomic mass is 19.1. The molecular formula is C11H14FNO. The molecule has 1 aromatic carbocycles. The molecule has 0 aliphatic rings. The number of hydrogen-bond donors (Lipinski definition) is 1. The van der Waals surface area contributed by atoms with Gasteiger partial charge in [0.15, 0.2) is 0 Å². The van der Waals surface area contributed by atoms with E-state index in [4.69, 9.17) is 10.5 Å². The third-order valence-electron chi connectivity index (χ3n) is 2.05. The zero-order valence-corrected chi connectivity index (χ0v) is 8.38. The average Bonchev–Trinajstić information content (AvgIpc) is 2.20. The van der Waals surface area contributed by atoms with Crippen molar-refractivity contribution >= 4 is 6.08 Å². The standard InChI is InChI=1S/C11H14FNO/c1-8-9(4-3-7-13)11(14-2)6-5-10(8)12/h3-6H,7,13H2,1-2H3/b4-3+. The van der Waals surface area contributed by atoms with Gasteiger partial charge in [-0.25, -0.2) is 4.39 Å². The summed E-state index contributed by atoms with van der Waals surface area (Å²) >= 11 is 0. The van der Waals surface area contributed by atoms with Gasteiger partial charge in [0, 0.05) is 12.1 Å². The molecular weight excluding hydrogens is 181 g/mol. The van der Waals surface area contributed by atoms with Crippen LogP contribution in [0.2, 0.25) is 0 Å². The first kappa shape index (κ1) is 10.7. The predicted molar refractivity (Wildman–Crippen MR) is 55.8 cm³/mol. The Morgan fingerprint density at radius 1 is 1.50 bits per heavy atom. The molecule has 0 unspecified atom stereocenters. The maximum atomic E-state index is 13.2. The summed E-state index contributed by atoms with van der Waals surface area (Å²) in [6.45, 7) is 2.15. The van der Waals surface area contributed by atoms with Gasteiger partial charge in [0.05, 0.1) is 7.11 Å². The zero-order valence-electron chi connectivity index (χ0n) is 8.38. The minimum Gasteiger partial charge on any atom is -0.496 e. The fraction of sp³-hybridized carbons (Fsp3) is 0.273. The van der Waals surface area contributed by atoms with Crippen molar-refractivity contribution in [3.05, 3.63) is 35.2 Å². The van der Waals surface area contributed by atoms with Crippen LogP contribution in [0.4, 0.5) is 4.39 Å². The van der Waals surface area contributed by atoms with Gasteiger partial charge in [0.25, 0.3) is 0 Å². The van der Waals surface area contributed by atoms with E-state index in [-0.39, 0.29) is 5.82 Å². The zero-order chi connectivity index (χ0) is 10.6. The largest absolute Gasteiger partial charge is 0.496 e. The lowest BCUT2D eigenvalue weighted by Gasteiger charge is -2.08. The van der Waals surface area contributed by atoms with Crippen LogP contribution in [-0.2, 0) is 0 Å². The predicted octanol–water partition coefficient (Wildman–Crippen LogP) is 2.11. The molecule has 0 spiro atoms. The van der Waals surface area contributed by atoms with Gasteiger partial charge in [-0.2, -0.15) is 0 Å². The molecule has 3 heteroatoms. The first-order chi connectivity index (χ1) is 6.70. The summed E-state index contributed by atoms with van der Waals surface area (Å²) in [5.74, 6) is 0.427. The number of methoxy groups -OCH3 is 1. The van der Waals surface area contributed by atoms with Gasteiger partial charge in [-0.3, -0.25) is 0 Å². The van der Waals surface area contributed by atoms with E-state index in [1.165, 1.54) is 6.07 Å². The smallest absolute Gasteiger partial charge is 0.126 e. The molecule has 0 atom stereocenters. The molecule has 0 aliphatic heterocycles. The van der Waals surface area contributed by atoms with Crippen molar-refractivity contribution in [2.24, 2.45) is 5.73 Å². The van der Waals surface area contributed by atoms with Gasteiger partial charge in [-0.1, -0.05) is 12.2 Å². The van der Waals surface area contributed by atoms with Crippen LogP contribution < -0.4 is 10.5 Å². The minimum absolute atomic E-state index is 0.234. The van der Waals surface area contributed by atoms with Crippen LogP contribution in [0.5, 0.6) is 5.75 Å². The summed E-state index contributed by atoms with van der Waals surface area (Å²) in [6.07, 6.45) is 3.54. The summed E-state index contributed by atoms with van der Waals surface area (Å²) < 4.78 is 18.3. The molecule has 14 heavy (non-hydrogen) atoms. The lowest BCUT2D eigenvalue weighted by molar-refractivity contribution is 0.412. The van der Waals surface area contributed by atoms with Crippen molar-refractivity contribution in [3.8, 4) is 5.75 Å². The minimum atomic E-state index is -0.234. The Kier molecular flexibility index (Phi) is 3.65. The molecule has 0 saturated carbocycles. The SMILES string of the molecule is COc1ccc(F)c(C)c1/C=C/CN. The quantitative estimate of drug-likeness (QED) is 0.801. The Hall–Kier alpha value is -1.35. The van der Waals surface area contributed by atoms with E-state index in [1.54, 1.807) is 32.3 Å². The highest BCUT2D eigenvalue weighted by molar-refractivity contribution is 5.61. The first-order valence-corrected chi connectivity index (χ1v) is 4.40. The third-order valence-corrected chi connectivity index (χ3v) is 2.05. The summed E-state index contributed by atoms with van der Waals surface area (Å²) in [4.78, 5) is 0. The van der Waals surface area contributed by atoms with E-state index >= 15 is 0 Å². The van der Waals surface area contributed by atoms with Crippen molar-refractivity contribution in [2.45, 2.75) is 6.92 Å². The van der Waals surface area contributed by atoms with Gasteiger partial charge < -0.3 is 10.5 Å². The van der Waals surface area contributed by atoms with Crippen molar-refractivity contribution in [2.75, 3.05) is 13.7 Å². The normalized spacial score (nSPS) is 10.9. The molecule has 76 valence electrons. The van der Waals surface area contributed by atoms with Crippen molar-refractivity contribution in [3.63, 3.8) is 0 Å². The van der Waals surface area contributed by atoms with Gasteiger partial charge in [0.2, 0.25) is 0 Å². The van der Waals surface area contributed by atoms with E-state index < -0.39 is 0 Å². The lowest BCUT2D eigenvalue weighted by Crippen LogP contribution is -1.95. The van der Waals surface area contributed by atoms with E-state index in [1.807, 2.05) is 0 Å². The Balaban J connectivity index is 3.21. The molecule has 1 rings (SSSR count). The number of ether oxygens (including phenoxy) is 1. The summed E-state index contributed by atoms with van der Waals surface area (Å²) in [5.41, 5.74) is 6.66. The Bertz CT molecular complexity index is 347. The van der Waals surface area contributed by atoms with E-state index in [9.17, 15) is 4.39 Å². The molecule has 2 N–H and O–H groups in total. The maximum absolute atomic E-state index is 13.2. The lowest BCUT2D eigenvalue weighted by atomic mass is 10.1. The summed E-state index contributed by atoms with van der Waals surface area (Å²) in [5, 5.41) is 0. The first-order valence-electron chi connectivity index (χ1n) is 4.40. The topological polar surface area (TPSA) is 35.2 Å². The molecule has 0 fully saturated rings. The maximum Gasteiger partial charge on any atom is 0.126 e. The third kappa shape index (κ3) is 2.12. The molecule has 2 nitrogen and oxygen atoms in total. The molecule has 0 radical (unpaired) electrons. The van der Waals surface area contributed by atoms with E-state index in [0.29, 0.717) is 17.9 Å². The van der Waals surface area contributed by atoms with Crippen molar-refractivity contribution < 1.29 is 9.13 Å². The van der Waals surface area contributed by atoms with E-state index in [2.05, 4.69) is 0 Å². The molecule has 0 aliphatic carbocycles. The van der Waals surface area contributed by atoms with Gasteiger partial charge >= 0.3 is 0 Å².